The molecule has 1 amide bonds. The zero-order chi connectivity index (χ0) is 30.2. The molecule has 4 aromatic rings. The average Bonchev–Trinajstić information content (AvgIpc) is 3.60. The highest BCUT2D eigenvalue weighted by molar-refractivity contribution is 7.88. The molecule has 0 aliphatic carbocycles. The van der Waals surface area contributed by atoms with Crippen LogP contribution in [-0.4, -0.2) is 66.1 Å². The zero-order valence-corrected chi connectivity index (χ0v) is 23.5. The van der Waals surface area contributed by atoms with Crippen LogP contribution in [-0.2, 0) is 32.7 Å². The first-order chi connectivity index (χ1) is 19.9. The maximum atomic E-state index is 14.3. The molecule has 4 heterocycles. The van der Waals surface area contributed by atoms with Crippen LogP contribution in [0.5, 0.6) is 11.6 Å². The molecule has 0 unspecified atom stereocenters. The van der Waals surface area contributed by atoms with Gasteiger partial charge in [-0.15, -0.1) is 11.3 Å². The number of thiophene rings is 1. The van der Waals surface area contributed by atoms with Crippen molar-refractivity contribution in [3.8, 4) is 34.1 Å². The van der Waals surface area contributed by atoms with Crippen LogP contribution in [0.25, 0.3) is 32.6 Å². The second-order valence-corrected chi connectivity index (χ2v) is 11.4. The molecule has 10 nitrogen and oxygen atoms in total. The van der Waals surface area contributed by atoms with Crippen molar-refractivity contribution >= 4 is 37.4 Å². The number of halogens is 4. The van der Waals surface area contributed by atoms with Gasteiger partial charge < -0.3 is 23.1 Å². The lowest BCUT2D eigenvalue weighted by Gasteiger charge is -2.26. The molecule has 42 heavy (non-hydrogen) atoms. The Morgan fingerprint density at radius 3 is 2.69 bits per heavy atom. The van der Waals surface area contributed by atoms with Gasteiger partial charge in [-0.1, -0.05) is 6.58 Å². The minimum atomic E-state index is -6.07. The summed E-state index contributed by atoms with van der Waals surface area (Å²) >= 11 is 1.08. The van der Waals surface area contributed by atoms with Crippen LogP contribution >= 0.6 is 11.3 Å². The minimum absolute atomic E-state index is 0.0227. The van der Waals surface area contributed by atoms with Gasteiger partial charge >= 0.3 is 15.6 Å². The average molecular weight is 627 g/mol. The number of nitrogens with zero attached hydrogens (tertiary/aromatic N) is 4. The molecular formula is C26H22F4N4O6S2. The molecule has 0 N–H and O–H groups in total. The summed E-state index contributed by atoms with van der Waals surface area (Å²) in [6.45, 7) is 4.56. The van der Waals surface area contributed by atoms with E-state index >= 15 is 0 Å². The number of ether oxygens (including phenoxy) is 2. The van der Waals surface area contributed by atoms with E-state index in [0.717, 1.165) is 17.4 Å². The number of aromatic nitrogens is 3. The highest BCUT2D eigenvalue weighted by Gasteiger charge is 2.49. The molecule has 0 atom stereocenters. The number of carbonyl (C=O) groups is 1. The highest BCUT2D eigenvalue weighted by atomic mass is 32.2. The number of benzene rings is 1. The Balaban J connectivity index is 1.74. The summed E-state index contributed by atoms with van der Waals surface area (Å²) in [6.07, 6.45) is 2.77. The zero-order valence-electron chi connectivity index (χ0n) is 21.9. The lowest BCUT2D eigenvalue weighted by atomic mass is 10.00. The Morgan fingerprint density at radius 1 is 1.19 bits per heavy atom. The monoisotopic (exact) mass is 626 g/mol. The normalized spacial score (nSPS) is 13.7. The summed E-state index contributed by atoms with van der Waals surface area (Å²) in [7, 11) is -4.61. The number of methoxy groups -OCH3 is 1. The van der Waals surface area contributed by atoms with Crippen LogP contribution in [0.2, 0.25) is 0 Å². The maximum Gasteiger partial charge on any atom is 0.534 e. The van der Waals surface area contributed by atoms with Crippen molar-refractivity contribution in [2.75, 3.05) is 26.9 Å². The summed E-state index contributed by atoms with van der Waals surface area (Å²) in [5.41, 5.74) is -4.96. The van der Waals surface area contributed by atoms with E-state index in [2.05, 4.69) is 20.7 Å². The number of pyridine rings is 1. The summed E-state index contributed by atoms with van der Waals surface area (Å²) in [4.78, 5) is 22.5. The van der Waals surface area contributed by atoms with E-state index < -0.39 is 27.3 Å². The molecule has 16 heteroatoms. The summed E-state index contributed by atoms with van der Waals surface area (Å²) in [5.74, 6) is -1.18. The van der Waals surface area contributed by atoms with Gasteiger partial charge in [0, 0.05) is 48.3 Å². The molecule has 1 aliphatic heterocycles. The standard InChI is InChI=1S/C26H22F4N4O6S2/c1-3-21(35)34-8-7-33-13-18(31-20(33)14-34)23-22(16-5-4-15(27)12-19(16)39-10-9-38-2)24-17(6-11-41-24)25(32-23)40-42(36,37)26(28,29)30/h3-6,11-13H,1,7-10,14H2,2H3. The van der Waals surface area contributed by atoms with Gasteiger partial charge in [0.15, 0.2) is 0 Å². The second kappa shape index (κ2) is 11.3. The van der Waals surface area contributed by atoms with Gasteiger partial charge in [0.25, 0.3) is 0 Å². The van der Waals surface area contributed by atoms with Crippen LogP contribution in [0.3, 0.4) is 0 Å². The Hall–Kier alpha value is -4.02. The van der Waals surface area contributed by atoms with Crippen molar-refractivity contribution < 1.29 is 44.4 Å². The number of hydrogen-bond donors (Lipinski definition) is 0. The van der Waals surface area contributed by atoms with Crippen LogP contribution in [0.1, 0.15) is 5.82 Å². The van der Waals surface area contributed by atoms with E-state index in [-0.39, 0.29) is 48.2 Å². The molecule has 0 fully saturated rings. The quantitative estimate of drug-likeness (QED) is 0.0861. The van der Waals surface area contributed by atoms with E-state index in [1.54, 1.807) is 10.8 Å². The van der Waals surface area contributed by atoms with Crippen molar-refractivity contribution in [1.82, 2.24) is 19.4 Å². The predicted octanol–water partition coefficient (Wildman–Crippen LogP) is 4.75. The molecule has 1 aliphatic rings. The summed E-state index contributed by atoms with van der Waals surface area (Å²) in [6, 6.07) is 5.11. The van der Waals surface area contributed by atoms with E-state index in [4.69, 9.17) is 9.47 Å². The molecule has 0 saturated carbocycles. The van der Waals surface area contributed by atoms with Gasteiger partial charge in [-0.2, -0.15) is 21.6 Å². The van der Waals surface area contributed by atoms with Gasteiger partial charge in [-0.3, -0.25) is 4.79 Å². The third-order valence-electron chi connectivity index (χ3n) is 6.33. The first-order valence-electron chi connectivity index (χ1n) is 12.2. The van der Waals surface area contributed by atoms with Gasteiger partial charge in [0.1, 0.15) is 35.4 Å². The molecule has 5 rings (SSSR count). The predicted molar refractivity (Wildman–Crippen MR) is 145 cm³/mol. The number of fused-ring (bicyclic) bond motifs is 2. The topological polar surface area (TPSA) is 113 Å². The highest BCUT2D eigenvalue weighted by Crippen LogP contribution is 2.46. The fraction of sp³-hybridized carbons (Fsp3) is 0.269. The molecule has 0 bridgehead atoms. The number of imidazole rings is 1. The Morgan fingerprint density at radius 2 is 1.98 bits per heavy atom. The summed E-state index contributed by atoms with van der Waals surface area (Å²) in [5, 5.41) is 1.50. The van der Waals surface area contributed by atoms with Crippen molar-refractivity contribution in [1.29, 1.82) is 0 Å². The lowest BCUT2D eigenvalue weighted by Crippen LogP contribution is -2.37. The Bertz CT molecular complexity index is 1790. The first kappa shape index (κ1) is 29.5. The Labute approximate surface area is 240 Å². The number of carbonyl (C=O) groups excluding carboxylic acids is 1. The smallest absolute Gasteiger partial charge is 0.490 e. The third-order valence-corrected chi connectivity index (χ3v) is 8.21. The van der Waals surface area contributed by atoms with Gasteiger partial charge in [-0.25, -0.2) is 14.4 Å². The molecule has 1 aromatic carbocycles. The van der Waals surface area contributed by atoms with Crippen LogP contribution in [0.15, 0.2) is 48.5 Å². The van der Waals surface area contributed by atoms with Crippen LogP contribution in [0.4, 0.5) is 17.6 Å². The van der Waals surface area contributed by atoms with Crippen molar-refractivity contribution in [2.45, 2.75) is 18.6 Å². The first-order valence-corrected chi connectivity index (χ1v) is 14.5. The van der Waals surface area contributed by atoms with Crippen molar-refractivity contribution in [3.63, 3.8) is 0 Å². The van der Waals surface area contributed by atoms with E-state index in [0.29, 0.717) is 34.7 Å². The maximum absolute atomic E-state index is 14.3. The van der Waals surface area contributed by atoms with Gasteiger partial charge in [0.2, 0.25) is 11.8 Å². The lowest BCUT2D eigenvalue weighted by molar-refractivity contribution is -0.127. The molecule has 3 aromatic heterocycles. The van der Waals surface area contributed by atoms with Gasteiger partial charge in [-0.05, 0) is 29.7 Å². The molecule has 222 valence electrons. The number of rotatable bonds is 9. The van der Waals surface area contributed by atoms with Crippen molar-refractivity contribution in [2.24, 2.45) is 0 Å². The fourth-order valence-electron chi connectivity index (χ4n) is 4.39. The molecule has 0 radical (unpaired) electrons. The van der Waals surface area contributed by atoms with Crippen LogP contribution < -0.4 is 8.92 Å². The fourth-order valence-corrected chi connectivity index (χ4v) is 5.76. The van der Waals surface area contributed by atoms with E-state index in [1.165, 1.54) is 41.7 Å². The largest absolute Gasteiger partial charge is 0.534 e. The Kier molecular flexibility index (Phi) is 7.96. The SMILES string of the molecule is C=CC(=O)N1CCn2cc(-c3nc(OS(=O)(=O)C(F)(F)F)c4ccsc4c3-c3ccc(F)cc3OCCOC)nc2C1. The molecule has 0 saturated heterocycles. The number of alkyl halides is 3. The van der Waals surface area contributed by atoms with E-state index in [1.807, 2.05) is 0 Å². The minimum Gasteiger partial charge on any atom is -0.490 e. The molecule has 0 spiro atoms. The summed E-state index contributed by atoms with van der Waals surface area (Å²) < 4.78 is 95.5. The van der Waals surface area contributed by atoms with Gasteiger partial charge in [0.05, 0.1) is 18.5 Å². The van der Waals surface area contributed by atoms with E-state index in [9.17, 15) is 30.8 Å². The second-order valence-electron chi connectivity index (χ2n) is 8.97. The third kappa shape index (κ3) is 5.56. The van der Waals surface area contributed by atoms with Crippen molar-refractivity contribution in [3.05, 3.63) is 60.1 Å². The number of hydrogen-bond acceptors (Lipinski definition) is 9. The van der Waals surface area contributed by atoms with Crippen LogP contribution in [0, 0.1) is 5.82 Å². The number of amides is 1. The molecular weight excluding hydrogens is 604 g/mol.